The van der Waals surface area contributed by atoms with E-state index in [2.05, 4.69) is 28.2 Å². The van der Waals surface area contributed by atoms with Gasteiger partial charge < -0.3 is 14.5 Å². The molecule has 0 saturated carbocycles. The van der Waals surface area contributed by atoms with Crippen LogP contribution in [0.4, 0.5) is 0 Å². The van der Waals surface area contributed by atoms with Crippen LogP contribution in [-0.2, 0) is 9.53 Å². The molecule has 0 aliphatic heterocycles. The Bertz CT molecular complexity index is 683. The molecule has 0 unspecified atom stereocenters. The number of rotatable bonds is 7. The maximum absolute atomic E-state index is 12.1. The van der Waals surface area contributed by atoms with Gasteiger partial charge >= 0.3 is 5.97 Å². The van der Waals surface area contributed by atoms with Gasteiger partial charge in [-0.2, -0.15) is 0 Å². The summed E-state index contributed by atoms with van der Waals surface area (Å²) >= 11 is 3.11. The molecule has 5 nitrogen and oxygen atoms in total. The van der Waals surface area contributed by atoms with E-state index in [1.54, 1.807) is 6.07 Å². The quantitative estimate of drug-likeness (QED) is 0.724. The minimum Gasteiger partial charge on any atom is -0.447 e. The highest BCUT2D eigenvalue weighted by Gasteiger charge is 2.21. The number of esters is 1. The van der Waals surface area contributed by atoms with Crippen molar-refractivity contribution in [2.75, 3.05) is 6.54 Å². The molecule has 1 aromatic carbocycles. The van der Waals surface area contributed by atoms with Crippen LogP contribution in [0, 0.1) is 0 Å². The van der Waals surface area contributed by atoms with Gasteiger partial charge in [0.05, 0.1) is 0 Å². The molecule has 2 atom stereocenters. The lowest BCUT2D eigenvalue weighted by Gasteiger charge is -2.18. The second-order valence-corrected chi connectivity index (χ2v) is 6.19. The smallest absolute Gasteiger partial charge is 0.375 e. The van der Waals surface area contributed by atoms with Crippen LogP contribution in [0.3, 0.4) is 0 Å². The summed E-state index contributed by atoms with van der Waals surface area (Å²) in [5.74, 6) is -0.724. The highest BCUT2D eigenvalue weighted by Crippen LogP contribution is 2.18. The Hall–Kier alpha value is -2.08. The summed E-state index contributed by atoms with van der Waals surface area (Å²) in [6.07, 6.45) is 0.00783. The molecular formula is C18H20BrNO4. The molecule has 0 fully saturated rings. The Morgan fingerprint density at radius 2 is 1.92 bits per heavy atom. The number of amides is 1. The maximum Gasteiger partial charge on any atom is 0.375 e. The first kappa shape index (κ1) is 18.3. The molecule has 1 aromatic heterocycles. The molecule has 0 spiro atoms. The number of hydrogen-bond acceptors (Lipinski definition) is 4. The number of carbonyl (C=O) groups is 2. The van der Waals surface area contributed by atoms with Gasteiger partial charge in [0.1, 0.15) is 0 Å². The summed E-state index contributed by atoms with van der Waals surface area (Å²) in [6.45, 7) is 4.10. The van der Waals surface area contributed by atoms with E-state index < -0.39 is 12.1 Å². The number of halogens is 1. The van der Waals surface area contributed by atoms with Crippen LogP contribution in [0.5, 0.6) is 0 Å². The van der Waals surface area contributed by atoms with Crippen molar-refractivity contribution in [3.63, 3.8) is 0 Å². The molecule has 2 aromatic rings. The van der Waals surface area contributed by atoms with Crippen molar-refractivity contribution < 1.29 is 18.7 Å². The largest absolute Gasteiger partial charge is 0.447 e. The van der Waals surface area contributed by atoms with Crippen LogP contribution >= 0.6 is 15.9 Å². The second-order valence-electron chi connectivity index (χ2n) is 5.41. The summed E-state index contributed by atoms with van der Waals surface area (Å²) in [6, 6.07) is 13.1. The first-order chi connectivity index (χ1) is 11.5. The second kappa shape index (κ2) is 8.68. The zero-order chi connectivity index (χ0) is 17.5. The predicted octanol–water partition coefficient (Wildman–Crippen LogP) is 3.90. The van der Waals surface area contributed by atoms with E-state index in [0.717, 1.165) is 6.42 Å². The average Bonchev–Trinajstić information content (AvgIpc) is 3.02. The van der Waals surface area contributed by atoms with E-state index in [9.17, 15) is 9.59 Å². The van der Waals surface area contributed by atoms with Crippen molar-refractivity contribution in [2.45, 2.75) is 32.3 Å². The maximum atomic E-state index is 12.1. The minimum absolute atomic E-state index is 0.0530. The van der Waals surface area contributed by atoms with Crippen molar-refractivity contribution in [3.8, 4) is 0 Å². The standard InChI is InChI=1S/C18H20BrNO4/c1-3-13(14-7-5-4-6-8-14)11-20-17(21)12(2)23-18(22)15-9-10-16(19)24-15/h4-10,12-13H,3,11H2,1-2H3,(H,20,21)/t12-,13-/m0/s1. The van der Waals surface area contributed by atoms with E-state index in [4.69, 9.17) is 9.15 Å². The SMILES string of the molecule is CC[C@@H](CNC(=O)[C@H](C)OC(=O)c1ccc(Br)o1)c1ccccc1. The van der Waals surface area contributed by atoms with Crippen molar-refractivity contribution >= 4 is 27.8 Å². The zero-order valence-corrected chi connectivity index (χ0v) is 15.2. The van der Waals surface area contributed by atoms with Crippen LogP contribution in [-0.4, -0.2) is 24.5 Å². The highest BCUT2D eigenvalue weighted by molar-refractivity contribution is 9.10. The summed E-state index contributed by atoms with van der Waals surface area (Å²) in [4.78, 5) is 24.0. The third-order valence-corrected chi connectivity index (χ3v) is 4.14. The van der Waals surface area contributed by atoms with Crippen molar-refractivity contribution in [1.82, 2.24) is 5.32 Å². The Kier molecular flexibility index (Phi) is 6.61. The normalized spacial score (nSPS) is 13.1. The topological polar surface area (TPSA) is 68.5 Å². The molecule has 0 aliphatic carbocycles. The molecule has 0 radical (unpaired) electrons. The van der Waals surface area contributed by atoms with Crippen molar-refractivity contribution in [2.24, 2.45) is 0 Å². The summed E-state index contributed by atoms with van der Waals surface area (Å²) in [5, 5.41) is 2.84. The monoisotopic (exact) mass is 393 g/mol. The number of hydrogen-bond donors (Lipinski definition) is 1. The van der Waals surface area contributed by atoms with Crippen LogP contribution in [0.2, 0.25) is 0 Å². The van der Waals surface area contributed by atoms with E-state index in [1.807, 2.05) is 30.3 Å². The number of furan rings is 1. The average molecular weight is 394 g/mol. The van der Waals surface area contributed by atoms with Gasteiger partial charge in [0, 0.05) is 12.5 Å². The highest BCUT2D eigenvalue weighted by atomic mass is 79.9. The lowest BCUT2D eigenvalue weighted by molar-refractivity contribution is -0.129. The van der Waals surface area contributed by atoms with E-state index in [-0.39, 0.29) is 17.6 Å². The Balaban J connectivity index is 1.86. The Morgan fingerprint density at radius 3 is 2.50 bits per heavy atom. The van der Waals surface area contributed by atoms with Crippen molar-refractivity contribution in [1.29, 1.82) is 0 Å². The molecule has 1 amide bonds. The van der Waals surface area contributed by atoms with Gasteiger partial charge in [0.25, 0.3) is 5.91 Å². The summed E-state index contributed by atoms with van der Waals surface area (Å²) < 4.78 is 10.7. The summed E-state index contributed by atoms with van der Waals surface area (Å²) in [5.41, 5.74) is 1.17. The zero-order valence-electron chi connectivity index (χ0n) is 13.6. The van der Waals surface area contributed by atoms with Crippen molar-refractivity contribution in [3.05, 3.63) is 58.5 Å². The third kappa shape index (κ3) is 4.96. The number of benzene rings is 1. The molecule has 2 rings (SSSR count). The molecule has 128 valence electrons. The lowest BCUT2D eigenvalue weighted by Crippen LogP contribution is -2.37. The number of carbonyl (C=O) groups excluding carboxylic acids is 2. The fourth-order valence-corrected chi connectivity index (χ4v) is 2.59. The molecule has 0 aliphatic rings. The summed E-state index contributed by atoms with van der Waals surface area (Å²) in [7, 11) is 0. The molecule has 6 heteroatoms. The molecule has 1 heterocycles. The fourth-order valence-electron chi connectivity index (χ4n) is 2.29. The van der Waals surface area contributed by atoms with Crippen LogP contribution < -0.4 is 5.32 Å². The van der Waals surface area contributed by atoms with Crippen LogP contribution in [0.1, 0.15) is 42.3 Å². The van der Waals surface area contributed by atoms with Gasteiger partial charge in [0.2, 0.25) is 5.76 Å². The van der Waals surface area contributed by atoms with Gasteiger partial charge in [-0.3, -0.25) is 4.79 Å². The lowest BCUT2D eigenvalue weighted by atomic mass is 9.96. The van der Waals surface area contributed by atoms with Gasteiger partial charge in [-0.25, -0.2) is 4.79 Å². The van der Waals surface area contributed by atoms with Gasteiger partial charge in [-0.1, -0.05) is 37.3 Å². The molecule has 0 bridgehead atoms. The van der Waals surface area contributed by atoms with E-state index >= 15 is 0 Å². The number of ether oxygens (including phenoxy) is 1. The minimum atomic E-state index is -0.894. The van der Waals surface area contributed by atoms with Crippen LogP contribution in [0.15, 0.2) is 51.6 Å². The molecule has 0 saturated heterocycles. The third-order valence-electron chi connectivity index (χ3n) is 3.71. The Labute approximate surface area is 149 Å². The first-order valence-electron chi connectivity index (χ1n) is 7.80. The fraction of sp³-hybridized carbons (Fsp3) is 0.333. The van der Waals surface area contributed by atoms with Crippen LogP contribution in [0.25, 0.3) is 0 Å². The Morgan fingerprint density at radius 1 is 1.21 bits per heavy atom. The van der Waals surface area contributed by atoms with E-state index in [1.165, 1.54) is 18.6 Å². The molecule has 24 heavy (non-hydrogen) atoms. The predicted molar refractivity (Wildman–Crippen MR) is 93.8 cm³/mol. The van der Waals surface area contributed by atoms with Gasteiger partial charge in [-0.05, 0) is 47.0 Å². The van der Waals surface area contributed by atoms with Gasteiger partial charge in [0.15, 0.2) is 10.8 Å². The number of nitrogens with one attached hydrogen (secondary N) is 1. The molecule has 1 N–H and O–H groups in total. The molecular weight excluding hydrogens is 374 g/mol. The first-order valence-corrected chi connectivity index (χ1v) is 8.59. The van der Waals surface area contributed by atoms with Gasteiger partial charge in [-0.15, -0.1) is 0 Å². The van der Waals surface area contributed by atoms with E-state index in [0.29, 0.717) is 11.2 Å².